The molecule has 17 heavy (non-hydrogen) atoms. The van der Waals surface area contributed by atoms with E-state index >= 15 is 0 Å². The zero-order valence-electron chi connectivity index (χ0n) is 9.86. The standard InChI is InChI=1S/C13H16N2O2/c1-17-12-9(7-14)5-10(6-11(12)16)13(8-15)3-2-4-13/h5-6,16H,2-4,8,15H2,1H3. The molecule has 1 aromatic rings. The fourth-order valence-electron chi connectivity index (χ4n) is 2.43. The van der Waals surface area contributed by atoms with Crippen molar-refractivity contribution in [3.05, 3.63) is 23.3 Å². The van der Waals surface area contributed by atoms with Gasteiger partial charge in [-0.3, -0.25) is 0 Å². The Hall–Kier alpha value is -1.73. The van der Waals surface area contributed by atoms with Crippen molar-refractivity contribution in [3.63, 3.8) is 0 Å². The van der Waals surface area contributed by atoms with Gasteiger partial charge in [-0.05, 0) is 30.5 Å². The summed E-state index contributed by atoms with van der Waals surface area (Å²) in [6.07, 6.45) is 3.17. The van der Waals surface area contributed by atoms with Crippen LogP contribution in [0.25, 0.3) is 0 Å². The molecule has 0 aromatic heterocycles. The molecule has 0 radical (unpaired) electrons. The highest BCUT2D eigenvalue weighted by molar-refractivity contribution is 5.55. The van der Waals surface area contributed by atoms with Crippen LogP contribution in [0.5, 0.6) is 11.5 Å². The number of phenols is 1. The molecule has 4 heteroatoms. The molecule has 1 aliphatic rings. The van der Waals surface area contributed by atoms with E-state index in [2.05, 4.69) is 0 Å². The van der Waals surface area contributed by atoms with E-state index in [4.69, 9.17) is 15.7 Å². The van der Waals surface area contributed by atoms with E-state index in [9.17, 15) is 5.11 Å². The highest BCUT2D eigenvalue weighted by Crippen LogP contribution is 2.45. The lowest BCUT2D eigenvalue weighted by Gasteiger charge is -2.41. The lowest BCUT2D eigenvalue weighted by atomic mass is 9.64. The van der Waals surface area contributed by atoms with Gasteiger partial charge in [-0.25, -0.2) is 0 Å². The van der Waals surface area contributed by atoms with Crippen molar-refractivity contribution in [1.82, 2.24) is 0 Å². The van der Waals surface area contributed by atoms with Crippen LogP contribution in [-0.4, -0.2) is 18.8 Å². The Labute approximate surface area is 101 Å². The number of benzene rings is 1. The first-order valence-corrected chi connectivity index (χ1v) is 5.68. The van der Waals surface area contributed by atoms with E-state index in [1.165, 1.54) is 7.11 Å². The van der Waals surface area contributed by atoms with E-state index < -0.39 is 0 Å². The first kappa shape index (κ1) is 11.7. The highest BCUT2D eigenvalue weighted by atomic mass is 16.5. The van der Waals surface area contributed by atoms with Crippen LogP contribution in [-0.2, 0) is 5.41 Å². The summed E-state index contributed by atoms with van der Waals surface area (Å²) in [7, 11) is 1.44. The van der Waals surface area contributed by atoms with Crippen LogP contribution >= 0.6 is 0 Å². The molecule has 0 heterocycles. The number of methoxy groups -OCH3 is 1. The van der Waals surface area contributed by atoms with E-state index in [1.54, 1.807) is 12.1 Å². The van der Waals surface area contributed by atoms with Gasteiger partial charge in [-0.1, -0.05) is 6.42 Å². The fraction of sp³-hybridized carbons (Fsp3) is 0.462. The molecule has 0 bridgehead atoms. The van der Waals surface area contributed by atoms with Crippen LogP contribution < -0.4 is 10.5 Å². The van der Waals surface area contributed by atoms with E-state index in [1.807, 2.05) is 6.07 Å². The zero-order chi connectivity index (χ0) is 12.5. The lowest BCUT2D eigenvalue weighted by Crippen LogP contribution is -2.41. The summed E-state index contributed by atoms with van der Waals surface area (Å²) < 4.78 is 5.02. The minimum Gasteiger partial charge on any atom is -0.504 e. The van der Waals surface area contributed by atoms with E-state index in [0.717, 1.165) is 24.8 Å². The molecule has 90 valence electrons. The van der Waals surface area contributed by atoms with Gasteiger partial charge >= 0.3 is 0 Å². The predicted octanol–water partition coefficient (Wildman–Crippen LogP) is 1.65. The Morgan fingerprint density at radius 1 is 1.53 bits per heavy atom. The molecular formula is C13H16N2O2. The van der Waals surface area contributed by atoms with Gasteiger partial charge in [-0.2, -0.15) is 5.26 Å². The van der Waals surface area contributed by atoms with Gasteiger partial charge in [0.15, 0.2) is 11.5 Å². The van der Waals surface area contributed by atoms with Gasteiger partial charge in [-0.15, -0.1) is 0 Å². The second-order valence-electron chi connectivity index (χ2n) is 4.53. The average molecular weight is 232 g/mol. The number of rotatable bonds is 3. The van der Waals surface area contributed by atoms with Gasteiger partial charge in [0, 0.05) is 12.0 Å². The Bertz CT molecular complexity index is 468. The predicted molar refractivity (Wildman–Crippen MR) is 64.0 cm³/mol. The summed E-state index contributed by atoms with van der Waals surface area (Å²) in [6, 6.07) is 5.50. The SMILES string of the molecule is COc1c(O)cc(C2(CN)CCC2)cc1C#N. The van der Waals surface area contributed by atoms with Crippen LogP contribution in [0.4, 0.5) is 0 Å². The maximum atomic E-state index is 9.86. The summed E-state index contributed by atoms with van der Waals surface area (Å²) >= 11 is 0. The topological polar surface area (TPSA) is 79.3 Å². The quantitative estimate of drug-likeness (QED) is 0.830. The van der Waals surface area contributed by atoms with Crippen molar-refractivity contribution in [2.24, 2.45) is 5.73 Å². The third-order valence-corrected chi connectivity index (χ3v) is 3.71. The summed E-state index contributed by atoms with van der Waals surface area (Å²) in [5, 5.41) is 18.9. The van der Waals surface area contributed by atoms with Crippen LogP contribution in [0.2, 0.25) is 0 Å². The van der Waals surface area contributed by atoms with Crippen molar-refractivity contribution in [2.45, 2.75) is 24.7 Å². The summed E-state index contributed by atoms with van der Waals surface area (Å²) in [5.74, 6) is 0.254. The number of nitriles is 1. The maximum Gasteiger partial charge on any atom is 0.178 e. The first-order chi connectivity index (χ1) is 8.16. The Balaban J connectivity index is 2.51. The van der Waals surface area contributed by atoms with E-state index in [0.29, 0.717) is 12.1 Å². The Morgan fingerprint density at radius 2 is 2.24 bits per heavy atom. The van der Waals surface area contributed by atoms with E-state index in [-0.39, 0.29) is 16.9 Å². The zero-order valence-corrected chi connectivity index (χ0v) is 9.86. The molecule has 0 saturated heterocycles. The third kappa shape index (κ3) is 1.73. The molecule has 0 amide bonds. The first-order valence-electron chi connectivity index (χ1n) is 5.68. The summed E-state index contributed by atoms with van der Waals surface area (Å²) in [5.41, 5.74) is 7.07. The van der Waals surface area contributed by atoms with Gasteiger partial charge in [0.2, 0.25) is 0 Å². The molecule has 1 fully saturated rings. The van der Waals surface area contributed by atoms with Crippen molar-refractivity contribution in [2.75, 3.05) is 13.7 Å². The van der Waals surface area contributed by atoms with Gasteiger partial charge in [0.05, 0.1) is 12.7 Å². The monoisotopic (exact) mass is 232 g/mol. The average Bonchev–Trinajstić information content (AvgIpc) is 2.27. The highest BCUT2D eigenvalue weighted by Gasteiger charge is 2.38. The fourth-order valence-corrected chi connectivity index (χ4v) is 2.43. The van der Waals surface area contributed by atoms with Crippen LogP contribution in [0.3, 0.4) is 0 Å². The molecule has 0 aliphatic heterocycles. The molecule has 4 nitrogen and oxygen atoms in total. The molecular weight excluding hydrogens is 216 g/mol. The third-order valence-electron chi connectivity index (χ3n) is 3.71. The second kappa shape index (κ2) is 4.27. The maximum absolute atomic E-state index is 9.86. The number of ether oxygens (including phenoxy) is 1. The van der Waals surface area contributed by atoms with Crippen LogP contribution in [0.1, 0.15) is 30.4 Å². The van der Waals surface area contributed by atoms with Crippen molar-refractivity contribution >= 4 is 0 Å². The molecule has 1 saturated carbocycles. The number of nitrogens with two attached hydrogens (primary N) is 1. The normalized spacial score (nSPS) is 17.0. The van der Waals surface area contributed by atoms with Gasteiger partial charge in [0.25, 0.3) is 0 Å². The van der Waals surface area contributed by atoms with Gasteiger partial charge in [0.1, 0.15) is 6.07 Å². The second-order valence-corrected chi connectivity index (χ2v) is 4.53. The molecule has 1 aromatic carbocycles. The van der Waals surface area contributed by atoms with Crippen LogP contribution in [0.15, 0.2) is 12.1 Å². The Kier molecular flexibility index (Phi) is 2.95. The lowest BCUT2D eigenvalue weighted by molar-refractivity contribution is 0.251. The number of phenolic OH excluding ortho intramolecular Hbond substituents is 1. The molecule has 1 aliphatic carbocycles. The van der Waals surface area contributed by atoms with Crippen molar-refractivity contribution < 1.29 is 9.84 Å². The minimum atomic E-state index is -0.0602. The largest absolute Gasteiger partial charge is 0.504 e. The molecule has 0 spiro atoms. The number of hydrogen-bond donors (Lipinski definition) is 2. The number of nitrogens with zero attached hydrogens (tertiary/aromatic N) is 1. The van der Waals surface area contributed by atoms with Crippen LogP contribution in [0, 0.1) is 11.3 Å². The van der Waals surface area contributed by atoms with Gasteiger partial charge < -0.3 is 15.6 Å². The Morgan fingerprint density at radius 3 is 2.65 bits per heavy atom. The summed E-state index contributed by atoms with van der Waals surface area (Å²) in [4.78, 5) is 0. The van der Waals surface area contributed by atoms with Crippen molar-refractivity contribution in [1.29, 1.82) is 5.26 Å². The minimum absolute atomic E-state index is 0.0151. The number of hydrogen-bond acceptors (Lipinski definition) is 4. The van der Waals surface area contributed by atoms with Crippen molar-refractivity contribution in [3.8, 4) is 17.6 Å². The smallest absolute Gasteiger partial charge is 0.178 e. The molecule has 3 N–H and O–H groups in total. The molecule has 2 rings (SSSR count). The number of aromatic hydroxyl groups is 1. The summed E-state index contributed by atoms with van der Waals surface area (Å²) in [6.45, 7) is 0.545. The molecule has 0 unspecified atom stereocenters. The molecule has 0 atom stereocenters.